The van der Waals surface area contributed by atoms with Gasteiger partial charge in [0, 0.05) is 29.9 Å². The van der Waals surface area contributed by atoms with Crippen LogP contribution in [-0.4, -0.2) is 42.4 Å². The Morgan fingerprint density at radius 3 is 2.61 bits per heavy atom. The fourth-order valence-corrected chi connectivity index (χ4v) is 2.76. The standard InChI is InChI=1S/C17H17FN2O3/c1-11-10-13(12-4-2-3-5-14(12)18)15(17(21)22)16(19-11)20-6-8-23-9-7-20/h2-5,10H,6-9H2,1H3,(H,21,22). The number of hydrogen-bond donors (Lipinski definition) is 1. The Balaban J connectivity index is 2.21. The maximum absolute atomic E-state index is 14.2. The highest BCUT2D eigenvalue weighted by Crippen LogP contribution is 2.32. The molecule has 0 bridgehead atoms. The first kappa shape index (κ1) is 15.4. The molecular weight excluding hydrogens is 299 g/mol. The van der Waals surface area contributed by atoms with Gasteiger partial charge in [-0.05, 0) is 19.1 Å². The van der Waals surface area contributed by atoms with Crippen LogP contribution < -0.4 is 4.90 Å². The minimum Gasteiger partial charge on any atom is -0.478 e. The zero-order valence-corrected chi connectivity index (χ0v) is 12.8. The second-order valence-electron chi connectivity index (χ2n) is 5.39. The number of morpholine rings is 1. The number of rotatable bonds is 3. The van der Waals surface area contributed by atoms with Crippen LogP contribution in [0.4, 0.5) is 10.2 Å². The fourth-order valence-electron chi connectivity index (χ4n) is 2.76. The molecule has 23 heavy (non-hydrogen) atoms. The van der Waals surface area contributed by atoms with E-state index in [4.69, 9.17) is 4.74 Å². The number of halogens is 1. The smallest absolute Gasteiger partial charge is 0.340 e. The van der Waals surface area contributed by atoms with Gasteiger partial charge in [-0.15, -0.1) is 0 Å². The molecule has 0 atom stereocenters. The third kappa shape index (κ3) is 3.03. The number of carboxylic acids is 1. The van der Waals surface area contributed by atoms with Crippen LogP contribution >= 0.6 is 0 Å². The fraction of sp³-hybridized carbons (Fsp3) is 0.294. The van der Waals surface area contributed by atoms with Gasteiger partial charge in [0.25, 0.3) is 0 Å². The Morgan fingerprint density at radius 2 is 1.96 bits per heavy atom. The molecule has 6 heteroatoms. The van der Waals surface area contributed by atoms with E-state index in [0.717, 1.165) is 0 Å². The van der Waals surface area contributed by atoms with Crippen molar-refractivity contribution in [3.05, 3.63) is 47.4 Å². The molecule has 1 aromatic heterocycles. The van der Waals surface area contributed by atoms with E-state index >= 15 is 0 Å². The van der Waals surface area contributed by atoms with Crippen LogP contribution in [0.25, 0.3) is 11.1 Å². The van der Waals surface area contributed by atoms with Crippen molar-refractivity contribution in [3.63, 3.8) is 0 Å². The van der Waals surface area contributed by atoms with E-state index in [-0.39, 0.29) is 11.1 Å². The molecule has 120 valence electrons. The number of ether oxygens (including phenoxy) is 1. The first-order chi connectivity index (χ1) is 11.1. The van der Waals surface area contributed by atoms with E-state index in [1.165, 1.54) is 6.07 Å². The molecule has 1 fully saturated rings. The predicted octanol–water partition coefficient (Wildman–Crippen LogP) is 2.73. The maximum Gasteiger partial charge on any atom is 0.340 e. The van der Waals surface area contributed by atoms with E-state index in [1.54, 1.807) is 31.2 Å². The van der Waals surface area contributed by atoms with Crippen molar-refractivity contribution in [2.75, 3.05) is 31.2 Å². The number of aryl methyl sites for hydroxylation is 1. The second kappa shape index (κ2) is 6.34. The molecule has 0 saturated carbocycles. The summed E-state index contributed by atoms with van der Waals surface area (Å²) in [7, 11) is 0. The molecule has 0 radical (unpaired) electrons. The lowest BCUT2D eigenvalue weighted by Gasteiger charge is -2.29. The Kier molecular flexibility index (Phi) is 4.25. The number of benzene rings is 1. The summed E-state index contributed by atoms with van der Waals surface area (Å²) in [6.45, 7) is 3.94. The van der Waals surface area contributed by atoms with Crippen LogP contribution in [0.3, 0.4) is 0 Å². The number of nitrogens with zero attached hydrogens (tertiary/aromatic N) is 2. The minimum atomic E-state index is -1.11. The van der Waals surface area contributed by atoms with Crippen LogP contribution in [0, 0.1) is 12.7 Å². The zero-order valence-electron chi connectivity index (χ0n) is 12.8. The van der Waals surface area contributed by atoms with Crippen molar-refractivity contribution < 1.29 is 19.0 Å². The average Bonchev–Trinajstić information content (AvgIpc) is 2.55. The molecule has 5 nitrogen and oxygen atoms in total. The summed E-state index contributed by atoms with van der Waals surface area (Å²) < 4.78 is 19.5. The van der Waals surface area contributed by atoms with Gasteiger partial charge in [0.15, 0.2) is 0 Å². The lowest BCUT2D eigenvalue weighted by Crippen LogP contribution is -2.38. The third-order valence-electron chi connectivity index (χ3n) is 3.82. The second-order valence-corrected chi connectivity index (χ2v) is 5.39. The van der Waals surface area contributed by atoms with Crippen LogP contribution in [0.15, 0.2) is 30.3 Å². The summed E-state index contributed by atoms with van der Waals surface area (Å²) in [4.78, 5) is 18.1. The summed E-state index contributed by atoms with van der Waals surface area (Å²) in [5, 5.41) is 9.70. The lowest BCUT2D eigenvalue weighted by atomic mass is 9.98. The van der Waals surface area contributed by atoms with Gasteiger partial charge in [0.2, 0.25) is 0 Å². The van der Waals surface area contributed by atoms with Gasteiger partial charge in [-0.25, -0.2) is 14.2 Å². The monoisotopic (exact) mass is 316 g/mol. The van der Waals surface area contributed by atoms with Crippen molar-refractivity contribution in [2.24, 2.45) is 0 Å². The largest absolute Gasteiger partial charge is 0.478 e. The van der Waals surface area contributed by atoms with Gasteiger partial charge in [-0.1, -0.05) is 18.2 Å². The van der Waals surface area contributed by atoms with Gasteiger partial charge < -0.3 is 14.7 Å². The number of aromatic carboxylic acids is 1. The van der Waals surface area contributed by atoms with Crippen molar-refractivity contribution in [3.8, 4) is 11.1 Å². The summed E-state index contributed by atoms with van der Waals surface area (Å²) in [5.41, 5.74) is 1.30. The number of aromatic nitrogens is 1. The molecule has 1 N–H and O–H groups in total. The molecule has 3 rings (SSSR count). The molecular formula is C17H17FN2O3. The average molecular weight is 316 g/mol. The Bertz CT molecular complexity index is 743. The third-order valence-corrected chi connectivity index (χ3v) is 3.82. The first-order valence-corrected chi connectivity index (χ1v) is 7.40. The number of anilines is 1. The summed E-state index contributed by atoms with van der Waals surface area (Å²) >= 11 is 0. The summed E-state index contributed by atoms with van der Waals surface area (Å²) in [6.07, 6.45) is 0. The normalized spacial score (nSPS) is 14.8. The molecule has 0 unspecified atom stereocenters. The quantitative estimate of drug-likeness (QED) is 0.943. The van der Waals surface area contributed by atoms with E-state index in [2.05, 4.69) is 4.98 Å². The van der Waals surface area contributed by atoms with E-state index in [9.17, 15) is 14.3 Å². The topological polar surface area (TPSA) is 62.7 Å². The number of carboxylic acid groups (broad SMARTS) is 1. The van der Waals surface area contributed by atoms with Crippen LogP contribution in [0.2, 0.25) is 0 Å². The van der Waals surface area contributed by atoms with Crippen molar-refractivity contribution in [2.45, 2.75) is 6.92 Å². The highest BCUT2D eigenvalue weighted by Gasteiger charge is 2.25. The van der Waals surface area contributed by atoms with Gasteiger partial charge in [0.1, 0.15) is 17.2 Å². The van der Waals surface area contributed by atoms with Gasteiger partial charge in [0.05, 0.1) is 13.2 Å². The van der Waals surface area contributed by atoms with Crippen LogP contribution in [0.1, 0.15) is 16.1 Å². The maximum atomic E-state index is 14.2. The van der Waals surface area contributed by atoms with Gasteiger partial charge in [-0.2, -0.15) is 0 Å². The van der Waals surface area contributed by atoms with Crippen molar-refractivity contribution >= 4 is 11.8 Å². The van der Waals surface area contributed by atoms with E-state index < -0.39 is 11.8 Å². The predicted molar refractivity (Wildman–Crippen MR) is 84.4 cm³/mol. The summed E-state index contributed by atoms with van der Waals surface area (Å²) in [6, 6.07) is 7.79. The van der Waals surface area contributed by atoms with Crippen LogP contribution in [-0.2, 0) is 4.74 Å². The molecule has 0 aliphatic carbocycles. The Morgan fingerprint density at radius 1 is 1.26 bits per heavy atom. The van der Waals surface area contributed by atoms with Gasteiger partial charge >= 0.3 is 5.97 Å². The SMILES string of the molecule is Cc1cc(-c2ccccc2F)c(C(=O)O)c(N2CCOCC2)n1. The molecule has 1 aromatic carbocycles. The highest BCUT2D eigenvalue weighted by molar-refractivity contribution is 6.01. The molecule has 1 aliphatic heterocycles. The molecule has 0 amide bonds. The zero-order chi connectivity index (χ0) is 16.4. The Hall–Kier alpha value is -2.47. The number of carbonyl (C=O) groups is 1. The van der Waals surface area contributed by atoms with E-state index in [0.29, 0.717) is 43.4 Å². The molecule has 2 heterocycles. The highest BCUT2D eigenvalue weighted by atomic mass is 19.1. The van der Waals surface area contributed by atoms with Crippen molar-refractivity contribution in [1.82, 2.24) is 4.98 Å². The molecule has 1 saturated heterocycles. The first-order valence-electron chi connectivity index (χ1n) is 7.40. The number of pyridine rings is 1. The molecule has 2 aromatic rings. The van der Waals surface area contributed by atoms with E-state index in [1.807, 2.05) is 4.90 Å². The Labute approximate surface area is 133 Å². The van der Waals surface area contributed by atoms with Crippen molar-refractivity contribution in [1.29, 1.82) is 0 Å². The van der Waals surface area contributed by atoms with Gasteiger partial charge in [-0.3, -0.25) is 0 Å². The van der Waals surface area contributed by atoms with Crippen LogP contribution in [0.5, 0.6) is 0 Å². The number of hydrogen-bond acceptors (Lipinski definition) is 4. The molecule has 1 aliphatic rings. The molecule has 0 spiro atoms. The summed E-state index contributed by atoms with van der Waals surface area (Å²) in [5.74, 6) is -1.19. The lowest BCUT2D eigenvalue weighted by molar-refractivity contribution is 0.0696. The minimum absolute atomic E-state index is 0.0302.